The number of carbonyl (C=O) groups is 2. The van der Waals surface area contributed by atoms with E-state index in [2.05, 4.69) is 0 Å². The van der Waals surface area contributed by atoms with E-state index in [0.717, 1.165) is 6.07 Å². The van der Waals surface area contributed by atoms with Gasteiger partial charge in [-0.15, -0.1) is 0 Å². The van der Waals surface area contributed by atoms with Crippen LogP contribution in [0.15, 0.2) is 36.4 Å². The van der Waals surface area contributed by atoms with Gasteiger partial charge in [0.15, 0.2) is 11.6 Å². The molecule has 1 aliphatic carbocycles. The van der Waals surface area contributed by atoms with E-state index in [4.69, 9.17) is 5.73 Å². The molecule has 0 spiro atoms. The predicted octanol–water partition coefficient (Wildman–Crippen LogP) is 2.18. The van der Waals surface area contributed by atoms with Crippen LogP contribution >= 0.6 is 0 Å². The van der Waals surface area contributed by atoms with Crippen molar-refractivity contribution in [1.29, 1.82) is 0 Å². The number of rotatable bonds is 0. The molecule has 0 amide bonds. The van der Waals surface area contributed by atoms with Crippen molar-refractivity contribution in [2.45, 2.75) is 0 Å². The highest BCUT2D eigenvalue weighted by Gasteiger charge is 2.31. The predicted molar refractivity (Wildman–Crippen MR) is 64.1 cm³/mol. The van der Waals surface area contributed by atoms with Gasteiger partial charge in [-0.1, -0.05) is 24.3 Å². The highest BCUT2D eigenvalue weighted by molar-refractivity contribution is 6.30. The molecule has 2 aromatic rings. The molecule has 0 unspecified atom stereocenters. The Morgan fingerprint density at radius 3 is 2.11 bits per heavy atom. The lowest BCUT2D eigenvalue weighted by Crippen LogP contribution is -2.22. The first kappa shape index (κ1) is 10.7. The van der Waals surface area contributed by atoms with E-state index >= 15 is 0 Å². The van der Waals surface area contributed by atoms with E-state index in [9.17, 15) is 14.0 Å². The molecule has 1 aliphatic rings. The Kier molecular flexibility index (Phi) is 2.07. The first-order valence-electron chi connectivity index (χ1n) is 5.37. The van der Waals surface area contributed by atoms with Gasteiger partial charge >= 0.3 is 0 Å². The van der Waals surface area contributed by atoms with Gasteiger partial charge in [0.25, 0.3) is 0 Å². The minimum atomic E-state index is -0.686. The molecule has 0 saturated carbocycles. The van der Waals surface area contributed by atoms with E-state index in [1.165, 1.54) is 6.07 Å². The fraction of sp³-hybridized carbons (Fsp3) is 0. The molecule has 18 heavy (non-hydrogen) atoms. The molecule has 2 aromatic carbocycles. The Morgan fingerprint density at radius 1 is 0.833 bits per heavy atom. The third-order valence-electron chi connectivity index (χ3n) is 3.08. The summed E-state index contributed by atoms with van der Waals surface area (Å²) < 4.78 is 13.4. The van der Waals surface area contributed by atoms with Crippen molar-refractivity contribution in [3.8, 4) is 0 Å². The first-order chi connectivity index (χ1) is 8.61. The zero-order valence-corrected chi connectivity index (χ0v) is 9.24. The number of benzene rings is 2. The summed E-state index contributed by atoms with van der Waals surface area (Å²) in [5, 5.41) is 0. The van der Waals surface area contributed by atoms with Crippen LogP contribution in [0.5, 0.6) is 0 Å². The molecule has 0 aromatic heterocycles. The molecule has 2 N–H and O–H groups in total. The lowest BCUT2D eigenvalue weighted by Gasteiger charge is -2.18. The SMILES string of the molecule is Nc1c(F)ccc2c1C(=O)c1ccccc1C2=O. The number of nitrogens with two attached hydrogens (primary N) is 1. The van der Waals surface area contributed by atoms with Crippen LogP contribution in [0.25, 0.3) is 0 Å². The minimum Gasteiger partial charge on any atom is -0.396 e. The lowest BCUT2D eigenvalue weighted by molar-refractivity contribution is 0.0979. The normalized spacial score (nSPS) is 13.2. The molecule has 3 nitrogen and oxygen atoms in total. The highest BCUT2D eigenvalue weighted by atomic mass is 19.1. The summed E-state index contributed by atoms with van der Waals surface area (Å²) in [4.78, 5) is 24.4. The van der Waals surface area contributed by atoms with E-state index in [1.54, 1.807) is 24.3 Å². The maximum Gasteiger partial charge on any atom is 0.196 e. The van der Waals surface area contributed by atoms with Gasteiger partial charge in [0, 0.05) is 16.7 Å². The van der Waals surface area contributed by atoms with Crippen molar-refractivity contribution in [3.05, 3.63) is 64.5 Å². The largest absolute Gasteiger partial charge is 0.396 e. The highest BCUT2D eigenvalue weighted by Crippen LogP contribution is 2.31. The zero-order valence-electron chi connectivity index (χ0n) is 9.24. The summed E-state index contributed by atoms with van der Waals surface area (Å²) in [7, 11) is 0. The standard InChI is InChI=1S/C14H8FNO2/c15-10-6-5-9-11(12(10)16)14(18)8-4-2-1-3-7(8)13(9)17/h1-6H,16H2. The number of hydrogen-bond acceptors (Lipinski definition) is 3. The maximum absolute atomic E-state index is 13.4. The van der Waals surface area contributed by atoms with Crippen LogP contribution < -0.4 is 5.73 Å². The molecular weight excluding hydrogens is 233 g/mol. The van der Waals surface area contributed by atoms with Crippen LogP contribution in [-0.2, 0) is 0 Å². The molecule has 0 aliphatic heterocycles. The average Bonchev–Trinajstić information content (AvgIpc) is 2.39. The van der Waals surface area contributed by atoms with Crippen LogP contribution in [0, 0.1) is 5.82 Å². The van der Waals surface area contributed by atoms with Gasteiger partial charge in [-0.2, -0.15) is 0 Å². The van der Waals surface area contributed by atoms with E-state index in [0.29, 0.717) is 5.56 Å². The van der Waals surface area contributed by atoms with Crippen LogP contribution in [0.2, 0.25) is 0 Å². The summed E-state index contributed by atoms with van der Waals surface area (Å²) >= 11 is 0. The van der Waals surface area contributed by atoms with Crippen LogP contribution in [0.3, 0.4) is 0 Å². The number of halogens is 1. The molecule has 0 radical (unpaired) electrons. The number of ketones is 2. The second kappa shape index (κ2) is 3.50. The smallest absolute Gasteiger partial charge is 0.196 e. The first-order valence-corrected chi connectivity index (χ1v) is 5.37. The quantitative estimate of drug-likeness (QED) is 0.614. The number of carbonyl (C=O) groups excluding carboxylic acids is 2. The number of nitrogen functional groups attached to an aromatic ring is 1. The Morgan fingerprint density at radius 2 is 1.44 bits per heavy atom. The van der Waals surface area contributed by atoms with Crippen molar-refractivity contribution in [2.75, 3.05) is 5.73 Å². The van der Waals surface area contributed by atoms with Gasteiger partial charge in [0.05, 0.1) is 11.3 Å². The van der Waals surface area contributed by atoms with Crippen LogP contribution in [0.4, 0.5) is 10.1 Å². The van der Waals surface area contributed by atoms with Gasteiger partial charge < -0.3 is 5.73 Å². The van der Waals surface area contributed by atoms with Crippen molar-refractivity contribution in [1.82, 2.24) is 0 Å². The monoisotopic (exact) mass is 241 g/mol. The van der Waals surface area contributed by atoms with Crippen LogP contribution in [-0.4, -0.2) is 11.6 Å². The second-order valence-electron chi connectivity index (χ2n) is 4.09. The second-order valence-corrected chi connectivity index (χ2v) is 4.09. The fourth-order valence-corrected chi connectivity index (χ4v) is 2.19. The molecule has 0 fully saturated rings. The Hall–Kier alpha value is -2.49. The summed E-state index contributed by atoms with van der Waals surface area (Å²) in [6.07, 6.45) is 0. The molecule has 88 valence electrons. The van der Waals surface area contributed by atoms with Crippen molar-refractivity contribution < 1.29 is 14.0 Å². The average molecular weight is 241 g/mol. The number of hydrogen-bond donors (Lipinski definition) is 1. The zero-order chi connectivity index (χ0) is 12.9. The molecule has 3 rings (SSSR count). The molecule has 4 heteroatoms. The van der Waals surface area contributed by atoms with Gasteiger partial charge in [-0.3, -0.25) is 9.59 Å². The summed E-state index contributed by atoms with van der Waals surface area (Å²) in [6, 6.07) is 8.87. The minimum absolute atomic E-state index is 0.0290. The van der Waals surface area contributed by atoms with Crippen LogP contribution in [0.1, 0.15) is 31.8 Å². The number of fused-ring (bicyclic) bond motifs is 2. The molecule has 0 heterocycles. The van der Waals surface area contributed by atoms with Gasteiger partial charge in [0.2, 0.25) is 0 Å². The third kappa shape index (κ3) is 1.23. The van der Waals surface area contributed by atoms with E-state index in [1.807, 2.05) is 0 Å². The number of anilines is 1. The molecule has 0 bridgehead atoms. The van der Waals surface area contributed by atoms with Crippen molar-refractivity contribution in [2.24, 2.45) is 0 Å². The van der Waals surface area contributed by atoms with E-state index in [-0.39, 0.29) is 28.2 Å². The molecule has 0 atom stereocenters. The van der Waals surface area contributed by atoms with Gasteiger partial charge in [0.1, 0.15) is 5.82 Å². The molecule has 0 saturated heterocycles. The van der Waals surface area contributed by atoms with Crippen molar-refractivity contribution >= 4 is 17.3 Å². The van der Waals surface area contributed by atoms with E-state index < -0.39 is 11.6 Å². The fourth-order valence-electron chi connectivity index (χ4n) is 2.19. The van der Waals surface area contributed by atoms with Crippen molar-refractivity contribution in [3.63, 3.8) is 0 Å². The van der Waals surface area contributed by atoms with Gasteiger partial charge in [-0.25, -0.2) is 4.39 Å². The Bertz CT molecular complexity index is 707. The molecular formula is C14H8FNO2. The summed E-state index contributed by atoms with van der Waals surface area (Å²) in [5.41, 5.74) is 6.04. The summed E-state index contributed by atoms with van der Waals surface area (Å²) in [6.45, 7) is 0. The topological polar surface area (TPSA) is 60.2 Å². The Balaban J connectivity index is 2.38. The summed E-state index contributed by atoms with van der Waals surface area (Å²) in [5.74, 6) is -1.39. The Labute approximate surface area is 102 Å². The van der Waals surface area contributed by atoms with Gasteiger partial charge in [-0.05, 0) is 12.1 Å². The lowest BCUT2D eigenvalue weighted by atomic mass is 9.83. The third-order valence-corrected chi connectivity index (χ3v) is 3.08. The maximum atomic E-state index is 13.4.